The first-order valence-corrected chi connectivity index (χ1v) is 7.54. The summed E-state index contributed by atoms with van der Waals surface area (Å²) in [6.45, 7) is 4.60. The summed E-state index contributed by atoms with van der Waals surface area (Å²) in [5.74, 6) is 0.492. The Kier molecular flexibility index (Phi) is 3.09. The van der Waals surface area contributed by atoms with Crippen molar-refractivity contribution in [1.82, 2.24) is 9.38 Å². The van der Waals surface area contributed by atoms with Gasteiger partial charge in [0.1, 0.15) is 6.10 Å². The molecule has 102 valence electrons. The summed E-state index contributed by atoms with van der Waals surface area (Å²) >= 11 is 1.51. The summed E-state index contributed by atoms with van der Waals surface area (Å²) in [6.07, 6.45) is 7.28. The van der Waals surface area contributed by atoms with Gasteiger partial charge in [-0.1, -0.05) is 13.8 Å². The number of aromatic nitrogens is 2. The molecule has 3 rings (SSSR count). The maximum atomic E-state index is 11.2. The lowest BCUT2D eigenvalue weighted by molar-refractivity contribution is 0.0929. The second-order valence-corrected chi connectivity index (χ2v) is 6.83. The largest absolute Gasteiger partial charge is 0.473 e. The van der Waals surface area contributed by atoms with Gasteiger partial charge in [0.15, 0.2) is 16.9 Å². The van der Waals surface area contributed by atoms with Gasteiger partial charge in [-0.05, 0) is 31.1 Å². The molecule has 5 heteroatoms. The second-order valence-electron chi connectivity index (χ2n) is 5.96. The molecule has 0 unspecified atom stereocenters. The van der Waals surface area contributed by atoms with Gasteiger partial charge >= 0.3 is 0 Å². The van der Waals surface area contributed by atoms with E-state index in [0.29, 0.717) is 17.0 Å². The Morgan fingerprint density at radius 1 is 1.47 bits per heavy atom. The lowest BCUT2D eigenvalue weighted by Crippen LogP contribution is -2.28. The molecule has 1 aliphatic carbocycles. The number of nitrogens with zero attached hydrogens (tertiary/aromatic N) is 2. The number of carbonyl (C=O) groups excluding carboxylic acids is 1. The number of hydrogen-bond acceptors (Lipinski definition) is 4. The van der Waals surface area contributed by atoms with Gasteiger partial charge in [-0.2, -0.15) is 4.98 Å². The van der Waals surface area contributed by atoms with Crippen molar-refractivity contribution in [2.45, 2.75) is 45.6 Å². The third kappa shape index (κ3) is 2.39. The Bertz CT molecular complexity index is 590. The van der Waals surface area contributed by atoms with Crippen molar-refractivity contribution in [3.63, 3.8) is 0 Å². The summed E-state index contributed by atoms with van der Waals surface area (Å²) in [5.41, 5.74) is 0.947. The van der Waals surface area contributed by atoms with Crippen molar-refractivity contribution in [2.24, 2.45) is 5.41 Å². The van der Waals surface area contributed by atoms with Gasteiger partial charge in [0.2, 0.25) is 5.88 Å². The number of carbonyl (C=O) groups is 1. The predicted molar refractivity (Wildman–Crippen MR) is 75.1 cm³/mol. The zero-order chi connectivity index (χ0) is 13.5. The van der Waals surface area contributed by atoms with E-state index in [4.69, 9.17) is 4.74 Å². The van der Waals surface area contributed by atoms with E-state index in [2.05, 4.69) is 18.8 Å². The zero-order valence-corrected chi connectivity index (χ0v) is 12.1. The predicted octanol–water partition coefficient (Wildman–Crippen LogP) is 3.56. The molecule has 2 heterocycles. The fourth-order valence-electron chi connectivity index (χ4n) is 2.63. The highest BCUT2D eigenvalue weighted by Crippen LogP contribution is 2.37. The van der Waals surface area contributed by atoms with Crippen LogP contribution in [0.4, 0.5) is 0 Å². The van der Waals surface area contributed by atoms with Gasteiger partial charge in [0.05, 0.1) is 0 Å². The number of ether oxygens (including phenoxy) is 1. The normalized spacial score (nSPS) is 19.7. The summed E-state index contributed by atoms with van der Waals surface area (Å²) < 4.78 is 7.75. The van der Waals surface area contributed by atoms with Crippen LogP contribution in [0, 0.1) is 5.41 Å². The molecular formula is C14H18N2O2S. The van der Waals surface area contributed by atoms with Crippen LogP contribution in [-0.2, 0) is 0 Å². The number of hydrogen-bond donors (Lipinski definition) is 0. The first-order valence-electron chi connectivity index (χ1n) is 6.66. The summed E-state index contributed by atoms with van der Waals surface area (Å²) in [6, 6.07) is 0. The Labute approximate surface area is 116 Å². The Balaban J connectivity index is 1.78. The molecule has 0 aromatic carbocycles. The van der Waals surface area contributed by atoms with Gasteiger partial charge < -0.3 is 4.74 Å². The van der Waals surface area contributed by atoms with Crippen LogP contribution in [0.3, 0.4) is 0 Å². The van der Waals surface area contributed by atoms with Crippen LogP contribution in [0.1, 0.15) is 50.0 Å². The molecule has 0 bridgehead atoms. The molecule has 0 amide bonds. The van der Waals surface area contributed by atoms with E-state index in [1.807, 2.05) is 11.6 Å². The molecule has 0 atom stereocenters. The van der Waals surface area contributed by atoms with E-state index in [9.17, 15) is 4.79 Å². The van der Waals surface area contributed by atoms with E-state index < -0.39 is 0 Å². The van der Waals surface area contributed by atoms with Crippen molar-refractivity contribution in [2.75, 3.05) is 0 Å². The van der Waals surface area contributed by atoms with Crippen molar-refractivity contribution in [3.8, 4) is 5.88 Å². The Morgan fingerprint density at radius 2 is 2.21 bits per heavy atom. The standard InChI is InChI=1S/C14H18N2O2S/c1-14(2)5-3-10(4-6-14)18-12-11(9-17)16-7-8-19-13(16)15-12/h7-10H,3-6H2,1-2H3. The number of rotatable bonds is 3. The van der Waals surface area contributed by atoms with Crippen LogP contribution >= 0.6 is 11.3 Å². The molecule has 0 radical (unpaired) electrons. The second kappa shape index (κ2) is 4.63. The highest BCUT2D eigenvalue weighted by atomic mass is 32.1. The lowest BCUT2D eigenvalue weighted by atomic mass is 9.76. The average Bonchev–Trinajstić information content (AvgIpc) is 2.92. The molecule has 2 aromatic heterocycles. The Morgan fingerprint density at radius 3 is 2.89 bits per heavy atom. The molecule has 0 saturated heterocycles. The monoisotopic (exact) mass is 278 g/mol. The SMILES string of the molecule is CC1(C)CCC(Oc2nc3sccn3c2C=O)CC1. The molecule has 0 spiro atoms. The zero-order valence-electron chi connectivity index (χ0n) is 11.3. The maximum Gasteiger partial charge on any atom is 0.244 e. The van der Waals surface area contributed by atoms with Crippen molar-refractivity contribution < 1.29 is 9.53 Å². The Hall–Kier alpha value is -1.36. The van der Waals surface area contributed by atoms with Crippen LogP contribution in [0.2, 0.25) is 0 Å². The van der Waals surface area contributed by atoms with E-state index in [1.54, 1.807) is 4.40 Å². The van der Waals surface area contributed by atoms with Crippen molar-refractivity contribution in [3.05, 3.63) is 17.3 Å². The molecular weight excluding hydrogens is 260 g/mol. The highest BCUT2D eigenvalue weighted by molar-refractivity contribution is 7.15. The van der Waals surface area contributed by atoms with Gasteiger partial charge in [-0.3, -0.25) is 9.20 Å². The molecule has 19 heavy (non-hydrogen) atoms. The van der Waals surface area contributed by atoms with Gasteiger partial charge in [0.25, 0.3) is 0 Å². The first-order chi connectivity index (χ1) is 9.09. The lowest BCUT2D eigenvalue weighted by Gasteiger charge is -2.33. The smallest absolute Gasteiger partial charge is 0.244 e. The van der Waals surface area contributed by atoms with Crippen molar-refractivity contribution >= 4 is 22.6 Å². The fourth-order valence-corrected chi connectivity index (χ4v) is 3.34. The van der Waals surface area contributed by atoms with E-state index in [-0.39, 0.29) is 6.10 Å². The third-order valence-electron chi connectivity index (χ3n) is 3.94. The molecule has 1 aliphatic rings. The van der Waals surface area contributed by atoms with Crippen LogP contribution < -0.4 is 4.74 Å². The molecule has 1 fully saturated rings. The molecule has 1 saturated carbocycles. The fraction of sp³-hybridized carbons (Fsp3) is 0.571. The minimum Gasteiger partial charge on any atom is -0.473 e. The van der Waals surface area contributed by atoms with E-state index in [0.717, 1.165) is 36.9 Å². The molecule has 4 nitrogen and oxygen atoms in total. The number of thiazole rings is 1. The van der Waals surface area contributed by atoms with Crippen LogP contribution in [-0.4, -0.2) is 21.8 Å². The number of imidazole rings is 1. The molecule has 2 aromatic rings. The van der Waals surface area contributed by atoms with E-state index >= 15 is 0 Å². The topological polar surface area (TPSA) is 43.6 Å². The van der Waals surface area contributed by atoms with Crippen LogP contribution in [0.5, 0.6) is 5.88 Å². The quantitative estimate of drug-likeness (QED) is 0.806. The average molecular weight is 278 g/mol. The summed E-state index contributed by atoms with van der Waals surface area (Å²) in [4.78, 5) is 16.4. The minimum atomic E-state index is 0.191. The first kappa shape index (κ1) is 12.7. The summed E-state index contributed by atoms with van der Waals surface area (Å²) in [5, 5.41) is 1.92. The molecule has 0 aliphatic heterocycles. The summed E-state index contributed by atoms with van der Waals surface area (Å²) in [7, 11) is 0. The van der Waals surface area contributed by atoms with Gasteiger partial charge in [-0.25, -0.2) is 0 Å². The van der Waals surface area contributed by atoms with Crippen LogP contribution in [0.25, 0.3) is 4.96 Å². The van der Waals surface area contributed by atoms with Crippen molar-refractivity contribution in [1.29, 1.82) is 0 Å². The number of aldehydes is 1. The van der Waals surface area contributed by atoms with Gasteiger partial charge in [-0.15, -0.1) is 11.3 Å². The minimum absolute atomic E-state index is 0.191. The van der Waals surface area contributed by atoms with E-state index in [1.165, 1.54) is 11.3 Å². The number of fused-ring (bicyclic) bond motifs is 1. The highest BCUT2D eigenvalue weighted by Gasteiger charge is 2.29. The maximum absolute atomic E-state index is 11.2. The molecule has 0 N–H and O–H groups in total. The van der Waals surface area contributed by atoms with Crippen LogP contribution in [0.15, 0.2) is 11.6 Å². The third-order valence-corrected chi connectivity index (χ3v) is 4.70. The van der Waals surface area contributed by atoms with Gasteiger partial charge in [0, 0.05) is 11.6 Å².